The molecular formula is C11H6F6. The standard InChI is InChI=1S/C11H6F6/c1-2-3-7-4-8(10(12,13)14)6-9(5-7)11(15,16)17/h3-6H,1H2. The first-order valence-corrected chi connectivity index (χ1v) is 4.30. The van der Waals surface area contributed by atoms with Crippen molar-refractivity contribution in [3.63, 3.8) is 0 Å². The number of rotatable bonds is 1. The van der Waals surface area contributed by atoms with Gasteiger partial charge in [-0.15, -0.1) is 5.73 Å². The lowest BCUT2D eigenvalue weighted by Crippen LogP contribution is -2.11. The van der Waals surface area contributed by atoms with Gasteiger partial charge in [-0.05, 0) is 29.8 Å². The molecular weight excluding hydrogens is 246 g/mol. The van der Waals surface area contributed by atoms with E-state index in [2.05, 4.69) is 12.3 Å². The Labute approximate surface area is 92.9 Å². The number of halogens is 6. The molecule has 92 valence electrons. The summed E-state index contributed by atoms with van der Waals surface area (Å²) in [6, 6.07) is 1.28. The van der Waals surface area contributed by atoms with Gasteiger partial charge in [0.2, 0.25) is 0 Å². The molecule has 1 rings (SSSR count). The first kappa shape index (κ1) is 13.4. The minimum atomic E-state index is -4.83. The topological polar surface area (TPSA) is 0 Å². The van der Waals surface area contributed by atoms with E-state index in [0.717, 1.165) is 6.08 Å². The van der Waals surface area contributed by atoms with E-state index >= 15 is 0 Å². The molecule has 6 heteroatoms. The number of hydrogen-bond acceptors (Lipinski definition) is 0. The van der Waals surface area contributed by atoms with Crippen molar-refractivity contribution < 1.29 is 26.3 Å². The van der Waals surface area contributed by atoms with Crippen LogP contribution < -0.4 is 0 Å². The van der Waals surface area contributed by atoms with Gasteiger partial charge >= 0.3 is 12.4 Å². The average molecular weight is 252 g/mol. The van der Waals surface area contributed by atoms with Crippen molar-refractivity contribution >= 4 is 6.08 Å². The van der Waals surface area contributed by atoms with Crippen LogP contribution in [0.1, 0.15) is 16.7 Å². The van der Waals surface area contributed by atoms with E-state index in [0.29, 0.717) is 12.1 Å². The highest BCUT2D eigenvalue weighted by Gasteiger charge is 2.36. The Morgan fingerprint density at radius 3 is 1.59 bits per heavy atom. The van der Waals surface area contributed by atoms with Crippen molar-refractivity contribution in [3.05, 3.63) is 47.2 Å². The molecule has 0 atom stereocenters. The van der Waals surface area contributed by atoms with Crippen LogP contribution in [0.25, 0.3) is 6.08 Å². The second kappa shape index (κ2) is 4.30. The average Bonchev–Trinajstić information content (AvgIpc) is 2.15. The van der Waals surface area contributed by atoms with Gasteiger partial charge in [-0.3, -0.25) is 0 Å². The summed E-state index contributed by atoms with van der Waals surface area (Å²) in [5, 5.41) is 0. The molecule has 0 spiro atoms. The van der Waals surface area contributed by atoms with E-state index < -0.39 is 23.5 Å². The molecule has 0 nitrogen and oxygen atoms in total. The van der Waals surface area contributed by atoms with Crippen LogP contribution in [0.3, 0.4) is 0 Å². The van der Waals surface area contributed by atoms with Crippen LogP contribution in [0, 0.1) is 0 Å². The fraction of sp³-hybridized carbons (Fsp3) is 0.182. The minimum absolute atomic E-state index is 0.0699. The lowest BCUT2D eigenvalue weighted by atomic mass is 10.0. The van der Waals surface area contributed by atoms with Crippen LogP contribution in [0.5, 0.6) is 0 Å². The fourth-order valence-electron chi connectivity index (χ4n) is 1.18. The lowest BCUT2D eigenvalue weighted by molar-refractivity contribution is -0.143. The molecule has 0 unspecified atom stereocenters. The Balaban J connectivity index is 3.44. The van der Waals surface area contributed by atoms with Gasteiger partial charge in [-0.25, -0.2) is 0 Å². The largest absolute Gasteiger partial charge is 0.416 e. The second-order valence-corrected chi connectivity index (χ2v) is 3.19. The van der Waals surface area contributed by atoms with Crippen LogP contribution in [0.4, 0.5) is 26.3 Å². The van der Waals surface area contributed by atoms with Gasteiger partial charge in [0.1, 0.15) is 0 Å². The summed E-state index contributed by atoms with van der Waals surface area (Å²) in [6.07, 6.45) is -8.71. The highest BCUT2D eigenvalue weighted by molar-refractivity contribution is 5.52. The number of alkyl halides is 6. The van der Waals surface area contributed by atoms with E-state index in [-0.39, 0.29) is 11.6 Å². The summed E-state index contributed by atoms with van der Waals surface area (Å²) in [5.74, 6) is 0. The molecule has 1 aromatic rings. The lowest BCUT2D eigenvalue weighted by Gasteiger charge is -2.12. The zero-order valence-electron chi connectivity index (χ0n) is 8.28. The van der Waals surface area contributed by atoms with Gasteiger partial charge in [-0.1, -0.05) is 6.58 Å². The minimum Gasteiger partial charge on any atom is -0.166 e. The van der Waals surface area contributed by atoms with Gasteiger partial charge in [-0.2, -0.15) is 26.3 Å². The van der Waals surface area contributed by atoms with Gasteiger partial charge in [0, 0.05) is 0 Å². The fourth-order valence-corrected chi connectivity index (χ4v) is 1.18. The summed E-state index contributed by atoms with van der Waals surface area (Å²) in [6.45, 7) is 3.10. The number of benzene rings is 1. The third kappa shape index (κ3) is 3.39. The van der Waals surface area contributed by atoms with Gasteiger partial charge in [0.05, 0.1) is 11.1 Å². The Bertz CT molecular complexity index is 428. The third-order valence-electron chi connectivity index (χ3n) is 1.88. The number of hydrogen-bond donors (Lipinski definition) is 0. The molecule has 0 radical (unpaired) electrons. The molecule has 0 aromatic heterocycles. The Kier molecular flexibility index (Phi) is 3.38. The van der Waals surface area contributed by atoms with Crippen LogP contribution in [-0.4, -0.2) is 0 Å². The molecule has 0 N–H and O–H groups in total. The molecule has 0 saturated heterocycles. The van der Waals surface area contributed by atoms with Gasteiger partial charge in [0.25, 0.3) is 0 Å². The zero-order valence-corrected chi connectivity index (χ0v) is 8.28. The van der Waals surface area contributed by atoms with E-state index in [4.69, 9.17) is 0 Å². The van der Waals surface area contributed by atoms with Crippen LogP contribution in [0.2, 0.25) is 0 Å². The molecule has 0 aliphatic heterocycles. The summed E-state index contributed by atoms with van der Waals surface area (Å²) >= 11 is 0. The maximum Gasteiger partial charge on any atom is 0.416 e. The summed E-state index contributed by atoms with van der Waals surface area (Å²) in [5.41, 5.74) is -0.822. The molecule has 0 fully saturated rings. The molecule has 0 heterocycles. The normalized spacial score (nSPS) is 12.1. The van der Waals surface area contributed by atoms with Crippen molar-refractivity contribution in [1.29, 1.82) is 0 Å². The quantitative estimate of drug-likeness (QED) is 0.509. The monoisotopic (exact) mass is 252 g/mol. The predicted molar refractivity (Wildman–Crippen MR) is 50.1 cm³/mol. The van der Waals surface area contributed by atoms with Crippen molar-refractivity contribution in [2.75, 3.05) is 0 Å². The highest BCUT2D eigenvalue weighted by atomic mass is 19.4. The van der Waals surface area contributed by atoms with Crippen molar-refractivity contribution in [2.24, 2.45) is 0 Å². The maximum absolute atomic E-state index is 12.4. The highest BCUT2D eigenvalue weighted by Crippen LogP contribution is 2.36. The summed E-state index contributed by atoms with van der Waals surface area (Å²) < 4.78 is 74.2. The van der Waals surface area contributed by atoms with Crippen LogP contribution in [0.15, 0.2) is 30.5 Å². The molecule has 0 bridgehead atoms. The first-order chi connectivity index (χ1) is 7.64. The van der Waals surface area contributed by atoms with Crippen LogP contribution in [-0.2, 0) is 12.4 Å². The zero-order chi connectivity index (χ0) is 13.3. The Hall–Kier alpha value is -1.68. The van der Waals surface area contributed by atoms with E-state index in [1.165, 1.54) is 0 Å². The predicted octanol–water partition coefficient (Wildman–Crippen LogP) is 4.52. The van der Waals surface area contributed by atoms with Crippen molar-refractivity contribution in [3.8, 4) is 0 Å². The Morgan fingerprint density at radius 1 is 0.882 bits per heavy atom. The van der Waals surface area contributed by atoms with E-state index in [1.807, 2.05) is 0 Å². The SMILES string of the molecule is C=C=Cc1cc(C(F)(F)F)cc(C(F)(F)F)c1. The Morgan fingerprint density at radius 2 is 1.29 bits per heavy atom. The van der Waals surface area contributed by atoms with Gasteiger partial charge < -0.3 is 0 Å². The van der Waals surface area contributed by atoms with Crippen molar-refractivity contribution in [2.45, 2.75) is 12.4 Å². The first-order valence-electron chi connectivity index (χ1n) is 4.30. The molecule has 0 aliphatic rings. The molecule has 0 aliphatic carbocycles. The van der Waals surface area contributed by atoms with E-state index in [9.17, 15) is 26.3 Å². The van der Waals surface area contributed by atoms with E-state index in [1.54, 1.807) is 0 Å². The summed E-state index contributed by atoms with van der Waals surface area (Å²) in [4.78, 5) is 0. The smallest absolute Gasteiger partial charge is 0.166 e. The van der Waals surface area contributed by atoms with Gasteiger partial charge in [0.15, 0.2) is 0 Å². The summed E-state index contributed by atoms with van der Waals surface area (Å²) in [7, 11) is 0. The maximum atomic E-state index is 12.4. The van der Waals surface area contributed by atoms with Crippen LogP contribution >= 0.6 is 0 Å². The third-order valence-corrected chi connectivity index (χ3v) is 1.88. The molecule has 0 saturated carbocycles. The molecule has 17 heavy (non-hydrogen) atoms. The van der Waals surface area contributed by atoms with Crippen molar-refractivity contribution in [1.82, 2.24) is 0 Å². The molecule has 0 amide bonds. The molecule has 1 aromatic carbocycles. The second-order valence-electron chi connectivity index (χ2n) is 3.19.